The molecular weight excluding hydrogens is 342 g/mol. The highest BCUT2D eigenvalue weighted by atomic mass is 16.3. The first-order valence-corrected chi connectivity index (χ1v) is 7.95. The molecule has 0 aliphatic carbocycles. The van der Waals surface area contributed by atoms with E-state index in [4.69, 9.17) is 5.11 Å². The molecule has 1 aromatic heterocycles. The van der Waals surface area contributed by atoms with Crippen LogP contribution in [0.1, 0.15) is 39.8 Å². The summed E-state index contributed by atoms with van der Waals surface area (Å²) in [6, 6.07) is -2.45. The molecule has 0 bridgehead atoms. The van der Waals surface area contributed by atoms with E-state index in [0.29, 0.717) is 13.7 Å². The summed E-state index contributed by atoms with van der Waals surface area (Å²) < 4.78 is 1.80. The lowest BCUT2D eigenvalue weighted by molar-refractivity contribution is -0.118. The zero-order valence-corrected chi connectivity index (χ0v) is 15.3. The minimum absolute atomic E-state index is 0.126. The molecule has 2 unspecified atom stereocenters. The van der Waals surface area contributed by atoms with E-state index in [-0.39, 0.29) is 17.7 Å². The quantitative estimate of drug-likeness (QED) is 0.625. The number of allylic oxidation sites excluding steroid dienone is 2. The Kier molecular flexibility index (Phi) is 6.57. The van der Waals surface area contributed by atoms with Gasteiger partial charge in [-0.3, -0.25) is 9.59 Å². The number of nitrogens with zero attached hydrogens (tertiary/aromatic N) is 3. The Bertz CT molecular complexity index is 876. The fraction of sp³-hybridized carbons (Fsp3) is 0.471. The van der Waals surface area contributed by atoms with Gasteiger partial charge in [-0.2, -0.15) is 0 Å². The second-order valence-electron chi connectivity index (χ2n) is 6.10. The highest BCUT2D eigenvalue weighted by molar-refractivity contribution is 5.97. The third-order valence-corrected chi connectivity index (χ3v) is 3.98. The van der Waals surface area contributed by atoms with Gasteiger partial charge in [-0.05, 0) is 38.8 Å². The number of rotatable bonds is 8. The van der Waals surface area contributed by atoms with Crippen molar-refractivity contribution in [3.8, 4) is 0 Å². The van der Waals surface area contributed by atoms with Crippen molar-refractivity contribution in [2.24, 2.45) is 0 Å². The van der Waals surface area contributed by atoms with Crippen LogP contribution in [-0.2, 0) is 16.1 Å². The van der Waals surface area contributed by atoms with Crippen molar-refractivity contribution in [2.75, 3.05) is 6.61 Å². The Labute approximate surface area is 149 Å². The molecule has 0 radical (unpaired) electrons. The number of hydrogen-bond donors (Lipinski definition) is 1. The summed E-state index contributed by atoms with van der Waals surface area (Å²) >= 11 is 0. The summed E-state index contributed by atoms with van der Waals surface area (Å²) in [5, 5.41) is 9.13. The van der Waals surface area contributed by atoms with Gasteiger partial charge in [0.05, 0.1) is 13.2 Å². The number of hydrogen-bond acceptors (Lipinski definition) is 6. The maximum Gasteiger partial charge on any atom is 0.337 e. The Morgan fingerprint density at radius 3 is 1.50 bits per heavy atom. The average molecular weight is 365 g/mol. The Morgan fingerprint density at radius 1 is 0.885 bits per heavy atom. The molecular formula is C17H23N3O6. The molecule has 1 aromatic rings. The molecule has 0 spiro atoms. The van der Waals surface area contributed by atoms with Crippen LogP contribution >= 0.6 is 0 Å². The topological polar surface area (TPSA) is 120 Å². The Hall–Kier alpha value is -2.81. The summed E-state index contributed by atoms with van der Waals surface area (Å²) in [5.74, 6) is -1.13. The molecule has 0 aliphatic rings. The highest BCUT2D eigenvalue weighted by Gasteiger charge is 2.28. The standard InChI is InChI=1S/C17H23N3O6/c1-9(2)13(22)11(5)19-15(24)18(7-8-21)16(25)20(17(19)26)12(6)14(23)10(3)4/h11-12,21H,1,3,7-8H2,2,4-6H3. The van der Waals surface area contributed by atoms with Crippen LogP contribution in [0.4, 0.5) is 0 Å². The molecule has 0 saturated carbocycles. The maximum atomic E-state index is 12.8. The van der Waals surface area contributed by atoms with Crippen molar-refractivity contribution in [2.45, 2.75) is 46.3 Å². The summed E-state index contributed by atoms with van der Waals surface area (Å²) in [6.07, 6.45) is 0. The van der Waals surface area contributed by atoms with Gasteiger partial charge in [0.15, 0.2) is 11.6 Å². The Morgan fingerprint density at radius 2 is 1.23 bits per heavy atom. The van der Waals surface area contributed by atoms with Gasteiger partial charge in [-0.25, -0.2) is 28.1 Å². The molecule has 0 amide bonds. The summed E-state index contributed by atoms with van der Waals surface area (Å²) in [4.78, 5) is 62.3. The van der Waals surface area contributed by atoms with Crippen LogP contribution in [0.15, 0.2) is 38.7 Å². The van der Waals surface area contributed by atoms with E-state index in [1.54, 1.807) is 0 Å². The van der Waals surface area contributed by atoms with Crippen molar-refractivity contribution in [3.05, 3.63) is 55.8 Å². The van der Waals surface area contributed by atoms with Crippen LogP contribution in [0.25, 0.3) is 0 Å². The number of carbonyl (C=O) groups is 2. The fourth-order valence-electron chi connectivity index (χ4n) is 2.52. The number of aliphatic hydroxyl groups is 1. The van der Waals surface area contributed by atoms with Crippen molar-refractivity contribution in [1.82, 2.24) is 13.7 Å². The van der Waals surface area contributed by atoms with Gasteiger partial charge in [0, 0.05) is 0 Å². The van der Waals surface area contributed by atoms with E-state index < -0.39 is 47.3 Å². The molecule has 9 heteroatoms. The van der Waals surface area contributed by atoms with Gasteiger partial charge in [-0.1, -0.05) is 13.2 Å². The minimum atomic E-state index is -1.23. The van der Waals surface area contributed by atoms with Crippen LogP contribution in [0.3, 0.4) is 0 Å². The van der Waals surface area contributed by atoms with Gasteiger partial charge in [-0.15, -0.1) is 0 Å². The molecule has 0 fully saturated rings. The first-order valence-electron chi connectivity index (χ1n) is 7.95. The molecule has 1 heterocycles. The van der Waals surface area contributed by atoms with Crippen LogP contribution in [0.5, 0.6) is 0 Å². The fourth-order valence-corrected chi connectivity index (χ4v) is 2.52. The van der Waals surface area contributed by atoms with E-state index in [2.05, 4.69) is 13.2 Å². The van der Waals surface area contributed by atoms with E-state index in [0.717, 1.165) is 0 Å². The van der Waals surface area contributed by atoms with Gasteiger partial charge < -0.3 is 5.11 Å². The van der Waals surface area contributed by atoms with E-state index >= 15 is 0 Å². The van der Waals surface area contributed by atoms with Crippen LogP contribution in [0, 0.1) is 0 Å². The lowest BCUT2D eigenvalue weighted by Crippen LogP contribution is -2.57. The number of carbonyl (C=O) groups excluding carboxylic acids is 2. The summed E-state index contributed by atoms with van der Waals surface area (Å²) in [7, 11) is 0. The average Bonchev–Trinajstić information content (AvgIpc) is 2.56. The Balaban J connectivity index is 3.91. The van der Waals surface area contributed by atoms with Crippen molar-refractivity contribution < 1.29 is 14.7 Å². The highest BCUT2D eigenvalue weighted by Crippen LogP contribution is 2.09. The van der Waals surface area contributed by atoms with Crippen molar-refractivity contribution in [1.29, 1.82) is 0 Å². The first-order chi connectivity index (χ1) is 12.0. The second-order valence-corrected chi connectivity index (χ2v) is 6.10. The molecule has 0 aromatic carbocycles. The van der Waals surface area contributed by atoms with Gasteiger partial charge in [0.25, 0.3) is 0 Å². The summed E-state index contributed by atoms with van der Waals surface area (Å²) in [5.41, 5.74) is -2.91. The molecule has 142 valence electrons. The van der Waals surface area contributed by atoms with Crippen molar-refractivity contribution in [3.63, 3.8) is 0 Å². The first kappa shape index (κ1) is 21.2. The molecule has 1 N–H and O–H groups in total. The number of aliphatic hydroxyl groups excluding tert-OH is 1. The zero-order valence-electron chi connectivity index (χ0n) is 15.3. The largest absolute Gasteiger partial charge is 0.395 e. The van der Waals surface area contributed by atoms with Gasteiger partial charge in [0.1, 0.15) is 12.1 Å². The smallest absolute Gasteiger partial charge is 0.337 e. The van der Waals surface area contributed by atoms with Gasteiger partial charge in [0.2, 0.25) is 0 Å². The van der Waals surface area contributed by atoms with Crippen LogP contribution in [0.2, 0.25) is 0 Å². The third kappa shape index (κ3) is 3.72. The number of aromatic nitrogens is 3. The minimum Gasteiger partial charge on any atom is -0.395 e. The van der Waals surface area contributed by atoms with E-state index in [9.17, 15) is 24.0 Å². The van der Waals surface area contributed by atoms with E-state index in [1.165, 1.54) is 27.7 Å². The van der Waals surface area contributed by atoms with Gasteiger partial charge >= 0.3 is 17.1 Å². The lowest BCUT2D eigenvalue weighted by Gasteiger charge is -2.20. The molecule has 0 saturated heterocycles. The van der Waals surface area contributed by atoms with Crippen LogP contribution < -0.4 is 17.1 Å². The monoisotopic (exact) mass is 365 g/mol. The summed E-state index contributed by atoms with van der Waals surface area (Å²) in [6.45, 7) is 11.6. The SMILES string of the molecule is C=C(C)C(=O)C(C)n1c(=O)n(CCO)c(=O)n(C(C)C(=O)C(=C)C)c1=O. The molecule has 9 nitrogen and oxygen atoms in total. The predicted octanol–water partition coefficient (Wildman–Crippen LogP) is -0.424. The second kappa shape index (κ2) is 8.05. The maximum absolute atomic E-state index is 12.8. The van der Waals surface area contributed by atoms with E-state index in [1.807, 2.05) is 0 Å². The normalized spacial score (nSPS) is 13.1. The number of ketones is 2. The molecule has 0 aliphatic heterocycles. The lowest BCUT2D eigenvalue weighted by atomic mass is 10.1. The predicted molar refractivity (Wildman–Crippen MR) is 95.4 cm³/mol. The van der Waals surface area contributed by atoms with Crippen molar-refractivity contribution >= 4 is 11.6 Å². The zero-order chi connectivity index (χ0) is 20.3. The van der Waals surface area contributed by atoms with Crippen LogP contribution in [-0.4, -0.2) is 37.0 Å². The number of Topliss-reactive ketones (excluding diaryl/α,β-unsaturated/α-hetero) is 2. The third-order valence-electron chi connectivity index (χ3n) is 3.98. The molecule has 1 rings (SSSR count). The molecule has 26 heavy (non-hydrogen) atoms. The molecule has 2 atom stereocenters.